The Labute approximate surface area is 401 Å². The van der Waals surface area contributed by atoms with Crippen LogP contribution in [0.5, 0.6) is 11.5 Å². The summed E-state index contributed by atoms with van der Waals surface area (Å²) in [4.78, 5) is 64.5. The molecule has 7 rings (SSSR count). The fourth-order valence-corrected chi connectivity index (χ4v) is 9.25. The summed E-state index contributed by atoms with van der Waals surface area (Å²) in [6, 6.07) is 6.34. The average Bonchev–Trinajstić information content (AvgIpc) is 3.60. The summed E-state index contributed by atoms with van der Waals surface area (Å²) in [7, 11) is 1.45. The lowest BCUT2D eigenvalue weighted by molar-refractivity contribution is -0.160. The Kier molecular flexibility index (Phi) is 16.2. The number of aliphatic hydroxyl groups excluding tert-OH is 2. The van der Waals surface area contributed by atoms with Crippen molar-refractivity contribution >= 4 is 34.8 Å². The maximum absolute atomic E-state index is 14.2. The maximum Gasteiger partial charge on any atom is 0.302 e. The van der Waals surface area contributed by atoms with E-state index in [-0.39, 0.29) is 57.2 Å². The van der Waals surface area contributed by atoms with E-state index in [1.807, 2.05) is 4.90 Å². The lowest BCUT2D eigenvalue weighted by Gasteiger charge is -2.38. The molecule has 1 fully saturated rings. The number of benzene rings is 2. The summed E-state index contributed by atoms with van der Waals surface area (Å²) in [5, 5.41) is 41.5. The number of phenols is 1. The number of methoxy groups -OCH3 is 1. The number of ether oxygens (including phenoxy) is 4. The molecule has 1 saturated heterocycles. The minimum absolute atomic E-state index is 0.0106. The van der Waals surface area contributed by atoms with Crippen molar-refractivity contribution in [2.45, 2.75) is 98.4 Å². The quantitative estimate of drug-likeness (QED) is 0.134. The van der Waals surface area contributed by atoms with Crippen LogP contribution in [0, 0.1) is 30.6 Å². The molecule has 0 aromatic heterocycles. The molecule has 0 saturated carbocycles. The summed E-state index contributed by atoms with van der Waals surface area (Å²) in [5.41, 5.74) is -0.172. The third-order valence-electron chi connectivity index (χ3n) is 13.6. The van der Waals surface area contributed by atoms with Crippen LogP contribution in [0.15, 0.2) is 77.3 Å². The number of amides is 1. The average molecular weight is 963 g/mol. The van der Waals surface area contributed by atoms with E-state index in [9.17, 15) is 43.3 Å². The van der Waals surface area contributed by atoms with Crippen molar-refractivity contribution in [3.05, 3.63) is 100.0 Å². The number of halogens is 2. The van der Waals surface area contributed by atoms with Crippen LogP contribution in [0.25, 0.3) is 0 Å². The highest BCUT2D eigenvalue weighted by Gasteiger charge is 2.51. The number of piperazine rings is 1. The molecule has 1 aliphatic carbocycles. The van der Waals surface area contributed by atoms with Gasteiger partial charge in [0.1, 0.15) is 24.2 Å². The first kappa shape index (κ1) is 52.4. The number of aromatic hydroxyl groups is 1. The number of rotatable bonds is 8. The molecule has 2 aromatic carbocycles. The molecule has 4 N–H and O–H groups in total. The van der Waals surface area contributed by atoms with Crippen molar-refractivity contribution < 1.29 is 67.1 Å². The molecule has 69 heavy (non-hydrogen) atoms. The molecule has 5 bridgehead atoms. The van der Waals surface area contributed by atoms with Gasteiger partial charge in [0, 0.05) is 113 Å². The highest BCUT2D eigenvalue weighted by atomic mass is 19.3. The van der Waals surface area contributed by atoms with Gasteiger partial charge in [-0.1, -0.05) is 63.2 Å². The molecular weight excluding hydrogens is 899 g/mol. The predicted octanol–water partition coefficient (Wildman–Crippen LogP) is 6.10. The Balaban J connectivity index is 1.35. The smallest absolute Gasteiger partial charge is 0.302 e. The third-order valence-corrected chi connectivity index (χ3v) is 13.6. The van der Waals surface area contributed by atoms with Crippen molar-refractivity contribution in [1.29, 1.82) is 0 Å². The Morgan fingerprint density at radius 1 is 0.986 bits per heavy atom. The van der Waals surface area contributed by atoms with Crippen molar-refractivity contribution in [2.75, 3.05) is 51.3 Å². The van der Waals surface area contributed by atoms with Crippen LogP contribution < -0.4 is 15.0 Å². The highest BCUT2D eigenvalue weighted by molar-refractivity contribution is 6.31. The molecule has 0 radical (unpaired) electrons. The van der Waals surface area contributed by atoms with Crippen molar-refractivity contribution in [1.82, 2.24) is 10.2 Å². The number of carbonyl (C=O) groups excluding carboxylic acids is 4. The lowest BCUT2D eigenvalue weighted by atomic mass is 9.78. The van der Waals surface area contributed by atoms with Gasteiger partial charge in [0.05, 0.1) is 47.0 Å². The van der Waals surface area contributed by atoms with E-state index in [2.05, 4.69) is 15.4 Å². The molecule has 18 heteroatoms. The number of Topliss-reactive ketones (excluding diaryl/α,β-unsaturated/α-hetero) is 1. The Morgan fingerprint density at radius 2 is 1.68 bits per heavy atom. The highest BCUT2D eigenvalue weighted by Crippen LogP contribution is 2.48. The number of esters is 1. The molecule has 2 aromatic rings. The van der Waals surface area contributed by atoms with E-state index in [0.717, 1.165) is 13.0 Å². The van der Waals surface area contributed by atoms with Crippen LogP contribution in [-0.2, 0) is 34.6 Å². The second-order valence-electron chi connectivity index (χ2n) is 18.6. The summed E-state index contributed by atoms with van der Waals surface area (Å²) in [6.07, 6.45) is 4.53. The number of hydrogen-bond donors (Lipinski definition) is 4. The van der Waals surface area contributed by atoms with E-state index in [1.54, 1.807) is 58.1 Å². The van der Waals surface area contributed by atoms with Gasteiger partial charge in [0.2, 0.25) is 5.78 Å². The van der Waals surface area contributed by atoms with Crippen molar-refractivity contribution in [2.24, 2.45) is 28.8 Å². The zero-order valence-electron chi connectivity index (χ0n) is 40.7. The minimum Gasteiger partial charge on any atom is -0.507 e. The maximum atomic E-state index is 14.2. The van der Waals surface area contributed by atoms with Gasteiger partial charge in [-0.05, 0) is 32.1 Å². The van der Waals surface area contributed by atoms with Gasteiger partial charge in [0.25, 0.3) is 17.6 Å². The SMILES string of the molecule is CO[C@H]1/C=C/O[C@@]2(C)Oc3c(C)c(O)c4c(c3/C2=N/OCCN2CCN(c3cccc(C(C)(F)F)c3)CC2)C(=O)C=C(NC(=O)/C(C)=C\C=C\[C@H](C)[C@H](O)[C@@H](C)[C@@H](O)[C@@H](C)[C@H](OC(C)=O)[C@@H]1C)C4=O. The van der Waals surface area contributed by atoms with E-state index < -0.39 is 89.0 Å². The van der Waals surface area contributed by atoms with E-state index in [1.165, 1.54) is 59.3 Å². The normalized spacial score (nSPS) is 30.7. The zero-order valence-corrected chi connectivity index (χ0v) is 40.7. The Hall–Kier alpha value is -5.95. The number of hydrogen-bond acceptors (Lipinski definition) is 15. The van der Waals surface area contributed by atoms with Crippen LogP contribution in [0.2, 0.25) is 0 Å². The number of alkyl halides is 2. The summed E-state index contributed by atoms with van der Waals surface area (Å²) in [6.45, 7) is 16.3. The molecule has 9 atom stereocenters. The van der Waals surface area contributed by atoms with Gasteiger partial charge in [-0.2, -0.15) is 0 Å². The number of oxime groups is 1. The van der Waals surface area contributed by atoms with E-state index in [4.69, 9.17) is 23.8 Å². The number of nitrogens with one attached hydrogen (secondary N) is 1. The van der Waals surface area contributed by atoms with E-state index >= 15 is 0 Å². The van der Waals surface area contributed by atoms with Crippen LogP contribution >= 0.6 is 0 Å². The molecule has 5 aliphatic rings. The van der Waals surface area contributed by atoms with Gasteiger partial charge in [-0.25, -0.2) is 8.78 Å². The molecule has 4 aliphatic heterocycles. The summed E-state index contributed by atoms with van der Waals surface area (Å²) in [5.74, 6) is -10.8. The van der Waals surface area contributed by atoms with Gasteiger partial charge in [-0.3, -0.25) is 24.1 Å². The van der Waals surface area contributed by atoms with Gasteiger partial charge >= 0.3 is 5.97 Å². The van der Waals surface area contributed by atoms with Crippen LogP contribution in [-0.4, -0.2) is 126 Å². The molecule has 374 valence electrons. The third kappa shape index (κ3) is 11.2. The summed E-state index contributed by atoms with van der Waals surface area (Å²) < 4.78 is 52.5. The molecular formula is C51H64F2N4O12. The lowest BCUT2D eigenvalue weighted by Crippen LogP contribution is -2.47. The van der Waals surface area contributed by atoms with Gasteiger partial charge in [-0.15, -0.1) is 0 Å². The van der Waals surface area contributed by atoms with E-state index in [0.29, 0.717) is 38.4 Å². The number of carbonyl (C=O) groups is 4. The second kappa shape index (κ2) is 21.4. The number of allylic oxidation sites excluding steroid dienone is 4. The summed E-state index contributed by atoms with van der Waals surface area (Å²) >= 11 is 0. The molecule has 0 spiro atoms. The van der Waals surface area contributed by atoms with Crippen LogP contribution in [0.4, 0.5) is 14.5 Å². The van der Waals surface area contributed by atoms with Gasteiger partial charge in [0.15, 0.2) is 11.5 Å². The second-order valence-corrected chi connectivity index (χ2v) is 18.6. The first-order valence-electron chi connectivity index (χ1n) is 23.1. The minimum atomic E-state index is -2.97. The Morgan fingerprint density at radius 3 is 2.33 bits per heavy atom. The number of aliphatic hydroxyl groups is 2. The molecule has 1 amide bonds. The molecule has 0 unspecified atom stereocenters. The largest absolute Gasteiger partial charge is 0.507 e. The number of nitrogens with zero attached hydrogens (tertiary/aromatic N) is 3. The fraction of sp³-hybridized carbons (Fsp3) is 0.510. The number of phenolic OH excluding ortho intramolecular Hbond substituents is 1. The van der Waals surface area contributed by atoms with Gasteiger partial charge < -0.3 is 49.3 Å². The number of ketones is 2. The first-order chi connectivity index (χ1) is 32.5. The van der Waals surface area contributed by atoms with Crippen molar-refractivity contribution in [3.63, 3.8) is 0 Å². The topological polar surface area (TPSA) is 206 Å². The van der Waals surface area contributed by atoms with Crippen LogP contribution in [0.3, 0.4) is 0 Å². The molecule has 4 heterocycles. The van der Waals surface area contributed by atoms with Crippen molar-refractivity contribution in [3.8, 4) is 11.5 Å². The number of fused-ring (bicyclic) bond motifs is 14. The van der Waals surface area contributed by atoms with Crippen LogP contribution in [0.1, 0.15) is 92.8 Å². The number of anilines is 1. The fourth-order valence-electron chi connectivity index (χ4n) is 9.25. The first-order valence-corrected chi connectivity index (χ1v) is 23.1. The predicted molar refractivity (Wildman–Crippen MR) is 252 cm³/mol. The monoisotopic (exact) mass is 962 g/mol. The molecule has 16 nitrogen and oxygen atoms in total. The standard InChI is InChI=1S/C51H64F2N4O12/c1-27-13-11-14-28(2)49(64)54-36-26-37(59)39-40(45(36)63)44(62)32(6)47-41(39)48(55-67-24-22-56-18-20-57(21-19-56)35-16-12-15-34(25-35)50(8,52)53)51(9,69-47)66-23-17-38(65-10)29(3)46(68-33(7)58)31(5)43(61)30(4)42(27)60/h11-17,23,25-27,29-31,38,42-43,46,60-62H,18-22,24H2,1-10H3,(H,54,64)/b13-11+,23-17+,28-14-,55-48-/t27-,29+,30+,31+,38-,42-,43+,46+,51-/m0/s1. The Bertz CT molecular complexity index is 2460. The zero-order chi connectivity index (χ0) is 50.7.